The Morgan fingerprint density at radius 1 is 1.09 bits per heavy atom. The molecule has 2 aromatic carbocycles. The molecule has 0 saturated heterocycles. The van der Waals surface area contributed by atoms with Crippen LogP contribution in [0.1, 0.15) is 35.6 Å². The molecule has 4 rings (SSSR count). The van der Waals surface area contributed by atoms with Gasteiger partial charge in [0.2, 0.25) is 5.91 Å². The second kappa shape index (κ2) is 10.00. The van der Waals surface area contributed by atoms with E-state index in [1.807, 2.05) is 57.3 Å². The first-order valence-electron chi connectivity index (χ1n) is 11.5. The van der Waals surface area contributed by atoms with Crippen molar-refractivity contribution in [2.75, 3.05) is 13.2 Å². The van der Waals surface area contributed by atoms with E-state index in [9.17, 15) is 9.59 Å². The Kier molecular flexibility index (Phi) is 6.87. The van der Waals surface area contributed by atoms with Crippen LogP contribution in [-0.4, -0.2) is 24.0 Å². The molecule has 4 aromatic rings. The molecule has 0 saturated carbocycles. The van der Waals surface area contributed by atoms with E-state index < -0.39 is 5.63 Å². The largest absolute Gasteiger partial charge is 0.489 e. The van der Waals surface area contributed by atoms with Crippen LogP contribution in [0.15, 0.2) is 64.0 Å². The number of rotatable bonds is 9. The summed E-state index contributed by atoms with van der Waals surface area (Å²) in [6.07, 6.45) is 3.28. The Morgan fingerprint density at radius 3 is 2.68 bits per heavy atom. The zero-order valence-electron chi connectivity index (χ0n) is 19.9. The van der Waals surface area contributed by atoms with Gasteiger partial charge in [0, 0.05) is 46.6 Å². The normalized spacial score (nSPS) is 11.1. The van der Waals surface area contributed by atoms with Crippen LogP contribution in [0.5, 0.6) is 5.75 Å². The van der Waals surface area contributed by atoms with E-state index in [0.717, 1.165) is 34.0 Å². The van der Waals surface area contributed by atoms with Crippen LogP contribution in [-0.2, 0) is 17.6 Å². The fourth-order valence-electron chi connectivity index (χ4n) is 4.22. The van der Waals surface area contributed by atoms with Gasteiger partial charge >= 0.3 is 5.63 Å². The number of hydrogen-bond acceptors (Lipinski definition) is 4. The fraction of sp³-hybridized carbons (Fsp3) is 0.286. The number of carbonyl (C=O) groups is 1. The number of benzene rings is 2. The molecular formula is C28H30N2O4. The van der Waals surface area contributed by atoms with Crippen LogP contribution in [0.4, 0.5) is 0 Å². The van der Waals surface area contributed by atoms with Crippen molar-refractivity contribution in [3.8, 4) is 5.75 Å². The van der Waals surface area contributed by atoms with E-state index in [0.29, 0.717) is 36.5 Å². The summed E-state index contributed by atoms with van der Waals surface area (Å²) < 4.78 is 11.4. The molecule has 0 spiro atoms. The molecule has 0 atom stereocenters. The zero-order valence-corrected chi connectivity index (χ0v) is 19.9. The number of aromatic amines is 1. The SMILES string of the molecule is C=C(C)COc1ccc2c(C)c(CCC(=O)NCCc3c[nH]c4ccccc34)c(=O)oc2c1C. The summed E-state index contributed by atoms with van der Waals surface area (Å²) in [5, 5.41) is 4.99. The van der Waals surface area contributed by atoms with Crippen LogP contribution < -0.4 is 15.7 Å². The van der Waals surface area contributed by atoms with Gasteiger partial charge < -0.3 is 19.5 Å². The van der Waals surface area contributed by atoms with Crippen LogP contribution in [0.3, 0.4) is 0 Å². The Hall–Kier alpha value is -3.80. The van der Waals surface area contributed by atoms with Gasteiger partial charge in [0.05, 0.1) is 0 Å². The van der Waals surface area contributed by atoms with Crippen molar-refractivity contribution >= 4 is 27.8 Å². The van der Waals surface area contributed by atoms with Crippen LogP contribution in [0, 0.1) is 13.8 Å². The molecular weight excluding hydrogens is 428 g/mol. The Labute approximate surface area is 198 Å². The number of carbonyl (C=O) groups excluding carboxylic acids is 1. The first kappa shape index (κ1) is 23.4. The van der Waals surface area contributed by atoms with Crippen molar-refractivity contribution in [2.24, 2.45) is 0 Å². The Balaban J connectivity index is 1.40. The second-order valence-electron chi connectivity index (χ2n) is 8.76. The summed E-state index contributed by atoms with van der Waals surface area (Å²) in [5.74, 6) is 0.582. The molecule has 0 aliphatic heterocycles. The number of ether oxygens (including phenoxy) is 1. The van der Waals surface area contributed by atoms with Crippen molar-refractivity contribution in [3.05, 3.63) is 87.4 Å². The van der Waals surface area contributed by atoms with Gasteiger partial charge in [0.15, 0.2) is 0 Å². The van der Waals surface area contributed by atoms with Gasteiger partial charge in [-0.15, -0.1) is 0 Å². The van der Waals surface area contributed by atoms with Crippen molar-refractivity contribution in [1.82, 2.24) is 10.3 Å². The van der Waals surface area contributed by atoms with Crippen LogP contribution >= 0.6 is 0 Å². The topological polar surface area (TPSA) is 84.3 Å². The third-order valence-corrected chi connectivity index (χ3v) is 6.12. The van der Waals surface area contributed by atoms with Crippen LogP contribution in [0.2, 0.25) is 0 Å². The summed E-state index contributed by atoms with van der Waals surface area (Å²) in [4.78, 5) is 28.4. The maximum atomic E-state index is 12.7. The predicted molar refractivity (Wildman–Crippen MR) is 136 cm³/mol. The fourth-order valence-corrected chi connectivity index (χ4v) is 4.22. The number of hydrogen-bond donors (Lipinski definition) is 2. The van der Waals surface area contributed by atoms with E-state index in [4.69, 9.17) is 9.15 Å². The molecule has 0 radical (unpaired) electrons. The highest BCUT2D eigenvalue weighted by molar-refractivity contribution is 5.86. The zero-order chi connectivity index (χ0) is 24.2. The van der Waals surface area contributed by atoms with Gasteiger partial charge in [0.1, 0.15) is 17.9 Å². The van der Waals surface area contributed by atoms with Crippen molar-refractivity contribution < 1.29 is 13.9 Å². The molecule has 0 aliphatic carbocycles. The monoisotopic (exact) mass is 458 g/mol. The highest BCUT2D eigenvalue weighted by atomic mass is 16.5. The minimum atomic E-state index is -0.406. The number of aromatic nitrogens is 1. The molecule has 6 nitrogen and oxygen atoms in total. The highest BCUT2D eigenvalue weighted by Gasteiger charge is 2.16. The number of aryl methyl sites for hydroxylation is 2. The molecule has 0 bridgehead atoms. The van der Waals surface area contributed by atoms with Gasteiger partial charge in [-0.25, -0.2) is 4.79 Å². The lowest BCUT2D eigenvalue weighted by Gasteiger charge is -2.13. The van der Waals surface area contributed by atoms with Gasteiger partial charge in [-0.2, -0.15) is 0 Å². The van der Waals surface area contributed by atoms with Gasteiger partial charge in [-0.05, 0) is 68.5 Å². The Morgan fingerprint density at radius 2 is 1.88 bits per heavy atom. The van der Waals surface area contributed by atoms with Crippen LogP contribution in [0.25, 0.3) is 21.9 Å². The number of nitrogens with one attached hydrogen (secondary N) is 2. The first-order chi connectivity index (χ1) is 16.3. The Bertz CT molecular complexity index is 1430. The lowest BCUT2D eigenvalue weighted by atomic mass is 10.00. The third kappa shape index (κ3) is 4.91. The minimum Gasteiger partial charge on any atom is -0.489 e. The first-order valence-corrected chi connectivity index (χ1v) is 11.5. The standard InChI is InChI=1S/C28H30N2O4/c1-17(2)16-33-25-11-9-21-18(3)22(28(32)34-27(21)19(25)4)10-12-26(31)29-14-13-20-15-30-24-8-6-5-7-23(20)24/h5-9,11,15,30H,1,10,12-14,16H2,2-4H3,(H,29,31). The molecule has 1 amide bonds. The molecule has 0 aliphatic rings. The van der Waals surface area contributed by atoms with E-state index in [1.165, 1.54) is 10.9 Å². The number of fused-ring (bicyclic) bond motifs is 2. The minimum absolute atomic E-state index is 0.0848. The molecule has 6 heteroatoms. The van der Waals surface area contributed by atoms with E-state index in [2.05, 4.69) is 22.9 Å². The number of para-hydroxylation sites is 1. The summed E-state index contributed by atoms with van der Waals surface area (Å²) in [6.45, 7) is 10.5. The smallest absolute Gasteiger partial charge is 0.339 e. The second-order valence-corrected chi connectivity index (χ2v) is 8.76. The average Bonchev–Trinajstić information content (AvgIpc) is 3.22. The molecule has 176 valence electrons. The van der Waals surface area contributed by atoms with Crippen molar-refractivity contribution in [2.45, 2.75) is 40.0 Å². The van der Waals surface area contributed by atoms with Gasteiger partial charge in [-0.3, -0.25) is 4.79 Å². The quantitative estimate of drug-likeness (QED) is 0.269. The number of H-pyrrole nitrogens is 1. The average molecular weight is 459 g/mol. The highest BCUT2D eigenvalue weighted by Crippen LogP contribution is 2.30. The van der Waals surface area contributed by atoms with E-state index in [1.54, 1.807) is 0 Å². The maximum absolute atomic E-state index is 12.7. The van der Waals surface area contributed by atoms with Crippen molar-refractivity contribution in [1.29, 1.82) is 0 Å². The molecule has 34 heavy (non-hydrogen) atoms. The third-order valence-electron chi connectivity index (χ3n) is 6.12. The number of amides is 1. The lowest BCUT2D eigenvalue weighted by Crippen LogP contribution is -2.26. The molecule has 0 unspecified atom stereocenters. The van der Waals surface area contributed by atoms with Gasteiger partial charge in [-0.1, -0.05) is 24.8 Å². The summed E-state index contributed by atoms with van der Waals surface area (Å²) in [6, 6.07) is 11.9. The van der Waals surface area contributed by atoms with E-state index >= 15 is 0 Å². The molecule has 2 heterocycles. The van der Waals surface area contributed by atoms with Crippen molar-refractivity contribution in [3.63, 3.8) is 0 Å². The van der Waals surface area contributed by atoms with Gasteiger partial charge in [0.25, 0.3) is 0 Å². The molecule has 2 N–H and O–H groups in total. The maximum Gasteiger partial charge on any atom is 0.339 e. The summed E-state index contributed by atoms with van der Waals surface area (Å²) >= 11 is 0. The van der Waals surface area contributed by atoms with E-state index in [-0.39, 0.29) is 12.3 Å². The molecule has 2 aromatic heterocycles. The lowest BCUT2D eigenvalue weighted by molar-refractivity contribution is -0.121. The summed E-state index contributed by atoms with van der Waals surface area (Å²) in [5.41, 5.74) is 5.44. The molecule has 0 fully saturated rings. The predicted octanol–water partition coefficient (Wildman–Crippen LogP) is 5.14. The summed E-state index contributed by atoms with van der Waals surface area (Å²) in [7, 11) is 0.